The van der Waals surface area contributed by atoms with Gasteiger partial charge in [-0.2, -0.15) is 0 Å². The van der Waals surface area contributed by atoms with E-state index in [9.17, 15) is 30.0 Å². The van der Waals surface area contributed by atoms with Crippen LogP contribution in [0.5, 0.6) is 0 Å². The minimum Gasteiger partial charge on any atom is -0.392 e. The molecule has 11 atom stereocenters. The Morgan fingerprint density at radius 2 is 1.77 bits per heavy atom. The number of epoxide rings is 1. The van der Waals surface area contributed by atoms with E-state index in [1.807, 2.05) is 40.7 Å². The summed E-state index contributed by atoms with van der Waals surface area (Å²) in [6, 6.07) is 0. The summed E-state index contributed by atoms with van der Waals surface area (Å²) in [6.07, 6.45) is 0.745. The molecule has 1 spiro atoms. The Morgan fingerprint density at radius 1 is 1.11 bits per heavy atom. The highest BCUT2D eigenvalue weighted by atomic mass is 16.6. The van der Waals surface area contributed by atoms with Crippen molar-refractivity contribution >= 4 is 11.6 Å². The molecular formula is C28H40O7. The molecule has 4 N–H and O–H groups in total. The van der Waals surface area contributed by atoms with Crippen LogP contribution in [0, 0.1) is 34.0 Å². The second-order valence-electron chi connectivity index (χ2n) is 12.8. The van der Waals surface area contributed by atoms with Crippen molar-refractivity contribution in [1.82, 2.24) is 0 Å². The van der Waals surface area contributed by atoms with Crippen molar-refractivity contribution in [2.75, 3.05) is 0 Å². The van der Waals surface area contributed by atoms with Gasteiger partial charge in [0.2, 0.25) is 0 Å². The number of aliphatic hydroxyl groups is 4. The number of hydrogen-bond donors (Lipinski definition) is 4. The molecule has 0 aromatic carbocycles. The molecule has 3 fully saturated rings. The molecule has 0 amide bonds. The lowest BCUT2D eigenvalue weighted by Crippen LogP contribution is -2.61. The van der Waals surface area contributed by atoms with Gasteiger partial charge in [-0.1, -0.05) is 47.6 Å². The Hall–Kier alpha value is -1.38. The molecule has 0 bridgehead atoms. The van der Waals surface area contributed by atoms with E-state index in [-0.39, 0.29) is 42.2 Å². The molecule has 0 radical (unpaired) electrons. The fraction of sp³-hybridized carbons (Fsp3) is 0.786. The number of Topliss-reactive ketones (excluding diaryl/α,β-unsaturated/α-hetero) is 1. The van der Waals surface area contributed by atoms with Gasteiger partial charge < -0.3 is 25.2 Å². The molecule has 1 heterocycles. The molecule has 5 aliphatic rings. The van der Waals surface area contributed by atoms with E-state index in [2.05, 4.69) is 6.92 Å². The molecule has 35 heavy (non-hydrogen) atoms. The zero-order valence-electron chi connectivity index (χ0n) is 21.6. The average molecular weight is 489 g/mol. The number of allylic oxidation sites excluding steroid dienone is 1. The van der Waals surface area contributed by atoms with Crippen molar-refractivity contribution in [2.45, 2.75) is 103 Å². The summed E-state index contributed by atoms with van der Waals surface area (Å²) in [7, 11) is 0. The molecule has 4 aliphatic carbocycles. The number of carbonyl (C=O) groups is 2. The van der Waals surface area contributed by atoms with Crippen LogP contribution in [0.15, 0.2) is 23.3 Å². The van der Waals surface area contributed by atoms with Crippen molar-refractivity contribution in [3.05, 3.63) is 23.3 Å². The van der Waals surface area contributed by atoms with Crippen LogP contribution in [-0.2, 0) is 14.3 Å². The molecule has 194 valence electrons. The maximum Gasteiger partial charge on any atom is 0.191 e. The van der Waals surface area contributed by atoms with Gasteiger partial charge in [0.15, 0.2) is 11.4 Å². The number of carbonyl (C=O) groups excluding carboxylic acids is 2. The first kappa shape index (κ1) is 25.3. The predicted molar refractivity (Wildman–Crippen MR) is 128 cm³/mol. The highest BCUT2D eigenvalue weighted by Gasteiger charge is 2.80. The van der Waals surface area contributed by atoms with Crippen LogP contribution in [0.25, 0.3) is 0 Å². The molecule has 7 nitrogen and oxygen atoms in total. The third-order valence-electron chi connectivity index (χ3n) is 11.1. The SMILES string of the molecule is CC(C)C(=O)CC(O)C(C)C1CCC2(C)C3=CC(=O)C45OC4C(O)C(O)CC5(C)C3=CC(O)C12C. The number of hydrogen-bond acceptors (Lipinski definition) is 7. The van der Waals surface area contributed by atoms with Gasteiger partial charge in [-0.05, 0) is 48.3 Å². The smallest absolute Gasteiger partial charge is 0.191 e. The van der Waals surface area contributed by atoms with E-state index in [1.165, 1.54) is 0 Å². The minimum absolute atomic E-state index is 0.0254. The minimum atomic E-state index is -1.19. The third-order valence-corrected chi connectivity index (χ3v) is 11.1. The number of ether oxygens (including phenoxy) is 1. The molecular weight excluding hydrogens is 448 g/mol. The number of rotatable bonds is 5. The average Bonchev–Trinajstić information content (AvgIpc) is 3.48. The molecule has 2 saturated carbocycles. The van der Waals surface area contributed by atoms with E-state index in [0.29, 0.717) is 0 Å². The van der Waals surface area contributed by atoms with E-state index >= 15 is 0 Å². The zero-order chi connectivity index (χ0) is 25.9. The molecule has 1 aliphatic heterocycles. The van der Waals surface area contributed by atoms with E-state index < -0.39 is 52.4 Å². The summed E-state index contributed by atoms with van der Waals surface area (Å²) < 4.78 is 5.88. The standard InChI is InChI=1S/C28H40O7/c1-13(2)18(29)11-19(30)14(3)15-7-8-25(4)16-10-22(33)28-24(35-28)23(34)20(31)12-26(28,5)17(16)9-21(32)27(15,25)6/h9-10,13-15,19-21,23-24,30-32,34H,7-8,11-12H2,1-6H3. The summed E-state index contributed by atoms with van der Waals surface area (Å²) in [5.74, 6) is -0.562. The normalized spacial score (nSPS) is 49.8. The first-order valence-corrected chi connectivity index (χ1v) is 13.1. The second kappa shape index (κ2) is 7.57. The third kappa shape index (κ3) is 2.90. The van der Waals surface area contributed by atoms with Crippen molar-refractivity contribution in [3.8, 4) is 0 Å². The summed E-state index contributed by atoms with van der Waals surface area (Å²) in [5.41, 5.74) is -1.52. The molecule has 0 aromatic rings. The van der Waals surface area contributed by atoms with Crippen molar-refractivity contribution in [1.29, 1.82) is 0 Å². The fourth-order valence-electron chi connectivity index (χ4n) is 8.37. The summed E-state index contributed by atoms with van der Waals surface area (Å²) >= 11 is 0. The highest BCUT2D eigenvalue weighted by molar-refractivity contribution is 6.04. The lowest BCUT2D eigenvalue weighted by Gasteiger charge is -2.58. The van der Waals surface area contributed by atoms with Gasteiger partial charge in [0.1, 0.15) is 18.0 Å². The van der Waals surface area contributed by atoms with Crippen LogP contribution in [0.3, 0.4) is 0 Å². The summed E-state index contributed by atoms with van der Waals surface area (Å²) in [6.45, 7) is 11.7. The van der Waals surface area contributed by atoms with Gasteiger partial charge in [0, 0.05) is 28.6 Å². The predicted octanol–water partition coefficient (Wildman–Crippen LogP) is 2.10. The van der Waals surface area contributed by atoms with E-state index in [4.69, 9.17) is 4.74 Å². The molecule has 0 aromatic heterocycles. The van der Waals surface area contributed by atoms with Crippen LogP contribution in [0.4, 0.5) is 0 Å². The van der Waals surface area contributed by atoms with Gasteiger partial charge in [0.05, 0.1) is 18.3 Å². The molecule has 5 rings (SSSR count). The van der Waals surface area contributed by atoms with Crippen molar-refractivity contribution in [2.24, 2.45) is 34.0 Å². The van der Waals surface area contributed by atoms with Crippen LogP contribution < -0.4 is 0 Å². The van der Waals surface area contributed by atoms with Crippen LogP contribution in [0.1, 0.15) is 67.2 Å². The van der Waals surface area contributed by atoms with Gasteiger partial charge in [-0.3, -0.25) is 9.59 Å². The Morgan fingerprint density at radius 3 is 2.40 bits per heavy atom. The second-order valence-corrected chi connectivity index (χ2v) is 12.8. The van der Waals surface area contributed by atoms with Gasteiger partial charge in [0.25, 0.3) is 0 Å². The molecule has 7 heteroatoms. The quantitative estimate of drug-likeness (QED) is 0.437. The van der Waals surface area contributed by atoms with Crippen molar-refractivity contribution in [3.63, 3.8) is 0 Å². The monoisotopic (exact) mass is 488 g/mol. The van der Waals surface area contributed by atoms with Crippen molar-refractivity contribution < 1.29 is 34.8 Å². The number of aliphatic hydroxyl groups excluding tert-OH is 4. The maximum absolute atomic E-state index is 13.6. The lowest BCUT2D eigenvalue weighted by atomic mass is 9.46. The van der Waals surface area contributed by atoms with Crippen LogP contribution >= 0.6 is 0 Å². The van der Waals surface area contributed by atoms with Gasteiger partial charge >= 0.3 is 0 Å². The fourth-order valence-corrected chi connectivity index (χ4v) is 8.37. The van der Waals surface area contributed by atoms with Gasteiger partial charge in [-0.25, -0.2) is 0 Å². The van der Waals surface area contributed by atoms with Crippen LogP contribution in [0.2, 0.25) is 0 Å². The first-order valence-electron chi connectivity index (χ1n) is 13.1. The first-order chi connectivity index (χ1) is 16.2. The van der Waals surface area contributed by atoms with E-state index in [0.717, 1.165) is 24.0 Å². The van der Waals surface area contributed by atoms with Gasteiger partial charge in [-0.15, -0.1) is 0 Å². The number of fused-ring (bicyclic) bond motifs is 4. The zero-order valence-corrected chi connectivity index (χ0v) is 21.6. The Kier molecular flexibility index (Phi) is 5.47. The Labute approximate surface area is 207 Å². The molecule has 1 saturated heterocycles. The lowest BCUT2D eigenvalue weighted by molar-refractivity contribution is -0.129. The molecule has 11 unspecified atom stereocenters. The Balaban J connectivity index is 1.55. The summed E-state index contributed by atoms with van der Waals surface area (Å²) in [4.78, 5) is 25.9. The summed E-state index contributed by atoms with van der Waals surface area (Å²) in [5, 5.41) is 43.7. The van der Waals surface area contributed by atoms with Crippen LogP contribution in [-0.4, -0.2) is 68.1 Å². The Bertz CT molecular complexity index is 1030. The van der Waals surface area contributed by atoms with E-state index in [1.54, 1.807) is 6.08 Å². The largest absolute Gasteiger partial charge is 0.392 e. The topological polar surface area (TPSA) is 128 Å². The maximum atomic E-state index is 13.6. The highest BCUT2D eigenvalue weighted by Crippen LogP contribution is 2.73. The number of ketones is 2.